The molecule has 7 nitrogen and oxygen atoms in total. The van der Waals surface area contributed by atoms with Crippen molar-refractivity contribution in [1.29, 1.82) is 0 Å². The lowest BCUT2D eigenvalue weighted by Gasteiger charge is -2.29. The Morgan fingerprint density at radius 1 is 1.11 bits per heavy atom. The summed E-state index contributed by atoms with van der Waals surface area (Å²) in [6.07, 6.45) is -0.701. The Hall–Kier alpha value is -2.85. The van der Waals surface area contributed by atoms with Gasteiger partial charge < -0.3 is 15.4 Å². The lowest BCUT2D eigenvalue weighted by Crippen LogP contribution is -2.34. The molecule has 1 amide bonds. The molecule has 0 heterocycles. The van der Waals surface area contributed by atoms with Crippen LogP contribution in [0.4, 0.5) is 24.5 Å². The minimum absolute atomic E-state index is 0.0407. The number of hydrogen-bond donors (Lipinski definition) is 2. The molecular formula is C24H27ClF3N3O4. The van der Waals surface area contributed by atoms with E-state index in [1.54, 1.807) is 0 Å². The monoisotopic (exact) mass is 513 g/mol. The maximum absolute atomic E-state index is 13.2. The van der Waals surface area contributed by atoms with Crippen molar-refractivity contribution in [2.24, 2.45) is 0 Å². The van der Waals surface area contributed by atoms with Gasteiger partial charge in [0.25, 0.3) is 5.69 Å². The molecule has 2 aromatic rings. The highest BCUT2D eigenvalue weighted by molar-refractivity contribution is 6.30. The van der Waals surface area contributed by atoms with Crippen molar-refractivity contribution in [3.8, 4) is 0 Å². The summed E-state index contributed by atoms with van der Waals surface area (Å²) in [6.45, 7) is 0.498. The van der Waals surface area contributed by atoms with E-state index >= 15 is 0 Å². The number of amides is 1. The summed E-state index contributed by atoms with van der Waals surface area (Å²) in [5.74, 6) is -0.188. The number of benzene rings is 2. The average molecular weight is 514 g/mol. The third-order valence-corrected chi connectivity index (χ3v) is 6.12. The number of nitrogens with zero attached hydrogens (tertiary/aromatic N) is 1. The number of hydrogen-bond acceptors (Lipinski definition) is 5. The van der Waals surface area contributed by atoms with Crippen LogP contribution in [0.1, 0.15) is 43.2 Å². The molecular weight excluding hydrogens is 487 g/mol. The standard InChI is InChI=1S/C24H27ClF3N3O4/c25-17-5-3-16(4-6-17)2-1-13-29-23(32)15-35-20-10-7-18(8-11-20)30-19-9-12-22(31(33)34)21(14-19)24(26,27)28/h3-6,9,12,14,18,20,30H,1-2,7-8,10-11,13,15H2,(H,29,32). The van der Waals surface area contributed by atoms with Gasteiger partial charge in [0.1, 0.15) is 12.2 Å². The molecule has 0 unspecified atom stereocenters. The summed E-state index contributed by atoms with van der Waals surface area (Å²) in [7, 11) is 0. The number of alkyl halides is 3. The number of carbonyl (C=O) groups is 1. The van der Waals surface area contributed by atoms with E-state index in [0.29, 0.717) is 37.3 Å². The number of nitrogens with one attached hydrogen (secondary N) is 2. The summed E-state index contributed by atoms with van der Waals surface area (Å²) >= 11 is 5.86. The van der Waals surface area contributed by atoms with Crippen LogP contribution < -0.4 is 10.6 Å². The first-order valence-electron chi connectivity index (χ1n) is 11.4. The van der Waals surface area contributed by atoms with Crippen molar-refractivity contribution in [3.05, 3.63) is 68.7 Å². The topological polar surface area (TPSA) is 93.5 Å². The van der Waals surface area contributed by atoms with Crippen LogP contribution in [-0.2, 0) is 22.1 Å². The highest BCUT2D eigenvalue weighted by Crippen LogP contribution is 2.38. The Kier molecular flexibility index (Phi) is 9.33. The van der Waals surface area contributed by atoms with E-state index in [9.17, 15) is 28.1 Å². The van der Waals surface area contributed by atoms with Crippen molar-refractivity contribution in [2.45, 2.75) is 56.8 Å². The van der Waals surface area contributed by atoms with Gasteiger partial charge in [0, 0.05) is 29.4 Å². The Morgan fingerprint density at radius 2 is 1.80 bits per heavy atom. The van der Waals surface area contributed by atoms with Gasteiger partial charge in [0.05, 0.1) is 11.0 Å². The van der Waals surface area contributed by atoms with Crippen LogP contribution in [0, 0.1) is 10.1 Å². The highest BCUT2D eigenvalue weighted by Gasteiger charge is 2.38. The molecule has 190 valence electrons. The summed E-state index contributed by atoms with van der Waals surface area (Å²) in [6, 6.07) is 10.4. The second-order valence-corrected chi connectivity index (χ2v) is 8.93. The Labute approximate surface area is 206 Å². The van der Waals surface area contributed by atoms with Gasteiger partial charge in [-0.25, -0.2) is 0 Å². The number of ether oxygens (including phenoxy) is 1. The second kappa shape index (κ2) is 12.2. The number of anilines is 1. The van der Waals surface area contributed by atoms with Gasteiger partial charge in [-0.1, -0.05) is 23.7 Å². The van der Waals surface area contributed by atoms with E-state index in [2.05, 4.69) is 10.6 Å². The smallest absolute Gasteiger partial charge is 0.382 e. The fourth-order valence-electron chi connectivity index (χ4n) is 4.04. The molecule has 0 bridgehead atoms. The van der Waals surface area contributed by atoms with Gasteiger partial charge in [-0.15, -0.1) is 0 Å². The van der Waals surface area contributed by atoms with Crippen LogP contribution in [-0.4, -0.2) is 36.1 Å². The quantitative estimate of drug-likeness (QED) is 0.239. The highest BCUT2D eigenvalue weighted by atomic mass is 35.5. The van der Waals surface area contributed by atoms with Crippen molar-refractivity contribution < 1.29 is 27.6 Å². The second-order valence-electron chi connectivity index (χ2n) is 8.50. The van der Waals surface area contributed by atoms with E-state index in [1.807, 2.05) is 24.3 Å². The fourth-order valence-corrected chi connectivity index (χ4v) is 4.16. The molecule has 1 aliphatic rings. The van der Waals surface area contributed by atoms with E-state index in [4.69, 9.17) is 16.3 Å². The van der Waals surface area contributed by atoms with Gasteiger partial charge in [-0.3, -0.25) is 14.9 Å². The number of rotatable bonds is 10. The molecule has 0 saturated heterocycles. The number of halogens is 4. The summed E-state index contributed by atoms with van der Waals surface area (Å²) in [5.41, 5.74) is -0.911. The van der Waals surface area contributed by atoms with Gasteiger partial charge in [0.15, 0.2) is 0 Å². The molecule has 0 spiro atoms. The average Bonchev–Trinajstić information content (AvgIpc) is 2.82. The summed E-state index contributed by atoms with van der Waals surface area (Å²) < 4.78 is 45.2. The lowest BCUT2D eigenvalue weighted by molar-refractivity contribution is -0.388. The lowest BCUT2D eigenvalue weighted by atomic mass is 9.92. The van der Waals surface area contributed by atoms with Crippen LogP contribution in [0.15, 0.2) is 42.5 Å². The maximum Gasteiger partial charge on any atom is 0.423 e. The van der Waals surface area contributed by atoms with E-state index in [1.165, 1.54) is 6.07 Å². The predicted octanol–water partition coefficient (Wildman–Crippen LogP) is 5.76. The molecule has 35 heavy (non-hydrogen) atoms. The Bertz CT molecular complexity index is 1010. The number of nitro benzene ring substituents is 1. The third-order valence-electron chi connectivity index (χ3n) is 5.87. The maximum atomic E-state index is 13.2. The molecule has 0 aromatic heterocycles. The minimum atomic E-state index is -4.82. The van der Waals surface area contributed by atoms with Gasteiger partial charge in [-0.05, 0) is 68.4 Å². The van der Waals surface area contributed by atoms with E-state index in [-0.39, 0.29) is 30.3 Å². The molecule has 2 aromatic carbocycles. The zero-order chi connectivity index (χ0) is 25.4. The molecule has 1 saturated carbocycles. The van der Waals surface area contributed by atoms with Crippen LogP contribution in [0.25, 0.3) is 0 Å². The Morgan fingerprint density at radius 3 is 2.43 bits per heavy atom. The first-order valence-corrected chi connectivity index (χ1v) is 11.7. The molecule has 0 atom stereocenters. The predicted molar refractivity (Wildman–Crippen MR) is 126 cm³/mol. The van der Waals surface area contributed by atoms with E-state index in [0.717, 1.165) is 30.5 Å². The Balaban J connectivity index is 1.36. The molecule has 11 heteroatoms. The largest absolute Gasteiger partial charge is 0.423 e. The van der Waals surface area contributed by atoms with Crippen molar-refractivity contribution in [3.63, 3.8) is 0 Å². The zero-order valence-electron chi connectivity index (χ0n) is 18.9. The first kappa shape index (κ1) is 26.7. The van der Waals surface area contributed by atoms with Gasteiger partial charge in [-0.2, -0.15) is 13.2 Å². The number of carbonyl (C=O) groups excluding carboxylic acids is 1. The van der Waals surface area contributed by atoms with Crippen molar-refractivity contribution in [1.82, 2.24) is 5.32 Å². The number of aryl methyl sites for hydroxylation is 1. The normalized spacial score (nSPS) is 18.2. The molecule has 1 aliphatic carbocycles. The molecule has 3 rings (SSSR count). The SMILES string of the molecule is O=C(COC1CCC(Nc2ccc([N+](=O)[O-])c(C(F)(F)F)c2)CC1)NCCCc1ccc(Cl)cc1. The fraction of sp³-hybridized carbons (Fsp3) is 0.458. The molecule has 0 aliphatic heterocycles. The molecule has 0 radical (unpaired) electrons. The first-order chi connectivity index (χ1) is 16.6. The summed E-state index contributed by atoms with van der Waals surface area (Å²) in [4.78, 5) is 21.9. The molecule has 2 N–H and O–H groups in total. The van der Waals surface area contributed by atoms with Crippen molar-refractivity contribution >= 4 is 28.9 Å². The van der Waals surface area contributed by atoms with Crippen LogP contribution in [0.3, 0.4) is 0 Å². The van der Waals surface area contributed by atoms with E-state index < -0.39 is 22.4 Å². The third kappa shape index (κ3) is 8.40. The van der Waals surface area contributed by atoms with Crippen LogP contribution in [0.2, 0.25) is 5.02 Å². The van der Waals surface area contributed by atoms with Gasteiger partial charge in [0.2, 0.25) is 5.91 Å². The van der Waals surface area contributed by atoms with Crippen LogP contribution >= 0.6 is 11.6 Å². The molecule has 1 fully saturated rings. The number of nitro groups is 1. The minimum Gasteiger partial charge on any atom is -0.382 e. The van der Waals surface area contributed by atoms with Crippen molar-refractivity contribution in [2.75, 3.05) is 18.5 Å². The summed E-state index contributed by atoms with van der Waals surface area (Å²) in [5, 5.41) is 17.4. The van der Waals surface area contributed by atoms with Gasteiger partial charge >= 0.3 is 6.18 Å². The zero-order valence-corrected chi connectivity index (χ0v) is 19.7. The van der Waals surface area contributed by atoms with Crippen LogP contribution in [0.5, 0.6) is 0 Å².